The number of nitro groups is 1. The summed E-state index contributed by atoms with van der Waals surface area (Å²) < 4.78 is 0. The molecule has 1 aromatic rings. The molecule has 21 heavy (non-hydrogen) atoms. The lowest BCUT2D eigenvalue weighted by Crippen LogP contribution is -2.44. The van der Waals surface area contributed by atoms with E-state index in [1.54, 1.807) is 24.3 Å². The Morgan fingerprint density at radius 3 is 2.29 bits per heavy atom. The van der Waals surface area contributed by atoms with Gasteiger partial charge in [0.05, 0.1) is 17.7 Å². The highest BCUT2D eigenvalue weighted by atomic mass is 16.6. The quantitative estimate of drug-likeness (QED) is 0.483. The number of amides is 2. The molecule has 0 radical (unpaired) electrons. The molecule has 108 valence electrons. The number of imide groups is 1. The van der Waals surface area contributed by atoms with E-state index in [1.165, 1.54) is 17.3 Å². The van der Waals surface area contributed by atoms with E-state index in [0.717, 1.165) is 4.90 Å². The number of nitrogens with one attached hydrogen (secondary N) is 1. The van der Waals surface area contributed by atoms with E-state index in [2.05, 4.69) is 5.43 Å². The zero-order chi connectivity index (χ0) is 15.0. The highest BCUT2D eigenvalue weighted by Crippen LogP contribution is 2.22. The maximum atomic E-state index is 12.1. The standard InChI is InChI=1S/C13H12N4O4/c18-12-9-3-1-2-4-10(9)13(19)16(12)8-7-15-6-5-11(14-15)17(20)21/h1-6,11,14H,7-8H2. The number of fused-ring (bicyclic) bond motifs is 1. The van der Waals surface area contributed by atoms with Crippen LogP contribution in [0, 0.1) is 10.1 Å². The number of hydrogen-bond donors (Lipinski definition) is 1. The fraction of sp³-hybridized carbons (Fsp3) is 0.231. The molecule has 2 heterocycles. The molecule has 0 saturated carbocycles. The molecule has 1 N–H and O–H groups in total. The number of carbonyl (C=O) groups excluding carboxylic acids is 2. The lowest BCUT2D eigenvalue weighted by atomic mass is 10.1. The van der Waals surface area contributed by atoms with E-state index in [4.69, 9.17) is 0 Å². The number of carbonyl (C=O) groups is 2. The molecule has 1 atom stereocenters. The summed E-state index contributed by atoms with van der Waals surface area (Å²) in [6.07, 6.45) is 1.97. The SMILES string of the molecule is O=C1c2ccccc2C(=O)N1CCN1C=CC([N+](=O)[O-])N1. The molecule has 1 aromatic carbocycles. The van der Waals surface area contributed by atoms with Crippen LogP contribution >= 0.6 is 0 Å². The number of hydrazine groups is 1. The number of benzene rings is 1. The van der Waals surface area contributed by atoms with Crippen molar-refractivity contribution in [1.29, 1.82) is 0 Å². The summed E-state index contributed by atoms with van der Waals surface area (Å²) in [6, 6.07) is 6.65. The summed E-state index contributed by atoms with van der Waals surface area (Å²) in [6.45, 7) is 0.445. The smallest absolute Gasteiger partial charge is 0.302 e. The Hall–Kier alpha value is -2.74. The van der Waals surface area contributed by atoms with Gasteiger partial charge in [-0.05, 0) is 12.1 Å². The minimum absolute atomic E-state index is 0.161. The van der Waals surface area contributed by atoms with Gasteiger partial charge in [0.15, 0.2) is 0 Å². The molecule has 8 nitrogen and oxygen atoms in total. The van der Waals surface area contributed by atoms with E-state index in [9.17, 15) is 19.7 Å². The molecule has 0 saturated heterocycles. The van der Waals surface area contributed by atoms with Gasteiger partial charge >= 0.3 is 6.17 Å². The van der Waals surface area contributed by atoms with Crippen molar-refractivity contribution in [3.63, 3.8) is 0 Å². The molecule has 2 amide bonds. The van der Waals surface area contributed by atoms with E-state index >= 15 is 0 Å². The van der Waals surface area contributed by atoms with Crippen molar-refractivity contribution < 1.29 is 14.5 Å². The van der Waals surface area contributed by atoms with E-state index in [0.29, 0.717) is 11.1 Å². The maximum absolute atomic E-state index is 12.1. The topological polar surface area (TPSA) is 95.8 Å². The molecular formula is C13H12N4O4. The predicted molar refractivity (Wildman–Crippen MR) is 71.6 cm³/mol. The van der Waals surface area contributed by atoms with Crippen molar-refractivity contribution in [3.8, 4) is 0 Å². The van der Waals surface area contributed by atoms with Crippen LogP contribution in [0.25, 0.3) is 0 Å². The van der Waals surface area contributed by atoms with Crippen LogP contribution in [0.3, 0.4) is 0 Å². The molecule has 3 rings (SSSR count). The molecule has 0 aromatic heterocycles. The van der Waals surface area contributed by atoms with Crippen molar-refractivity contribution in [3.05, 3.63) is 57.8 Å². The van der Waals surface area contributed by atoms with Crippen LogP contribution in [0.4, 0.5) is 0 Å². The second-order valence-electron chi connectivity index (χ2n) is 4.70. The van der Waals surface area contributed by atoms with Gasteiger partial charge in [-0.3, -0.25) is 24.6 Å². The molecule has 8 heteroatoms. The first-order chi connectivity index (χ1) is 10.1. The largest absolute Gasteiger partial charge is 0.308 e. The van der Waals surface area contributed by atoms with E-state index in [-0.39, 0.29) is 24.9 Å². The second-order valence-corrected chi connectivity index (χ2v) is 4.70. The highest BCUT2D eigenvalue weighted by Gasteiger charge is 2.35. The summed E-state index contributed by atoms with van der Waals surface area (Å²) in [5, 5.41) is 12.1. The fourth-order valence-electron chi connectivity index (χ4n) is 2.35. The predicted octanol–water partition coefficient (Wildman–Crippen LogP) is 0.219. The summed E-state index contributed by atoms with van der Waals surface area (Å²) in [5.41, 5.74) is 3.44. The lowest BCUT2D eigenvalue weighted by Gasteiger charge is -2.20. The fourth-order valence-corrected chi connectivity index (χ4v) is 2.35. The Balaban J connectivity index is 1.63. The summed E-state index contributed by atoms with van der Waals surface area (Å²) in [4.78, 5) is 35.5. The Morgan fingerprint density at radius 2 is 1.76 bits per heavy atom. The zero-order valence-corrected chi connectivity index (χ0v) is 10.9. The van der Waals surface area contributed by atoms with Gasteiger partial charge in [0.25, 0.3) is 11.8 Å². The molecule has 0 spiro atoms. The Kier molecular flexibility index (Phi) is 3.15. The zero-order valence-electron chi connectivity index (χ0n) is 10.9. The van der Waals surface area contributed by atoms with Gasteiger partial charge in [-0.2, -0.15) is 5.43 Å². The van der Waals surface area contributed by atoms with Crippen LogP contribution in [0.2, 0.25) is 0 Å². The third-order valence-corrected chi connectivity index (χ3v) is 3.42. The van der Waals surface area contributed by atoms with Gasteiger partial charge in [0, 0.05) is 23.7 Å². The minimum atomic E-state index is -0.966. The van der Waals surface area contributed by atoms with Crippen LogP contribution in [0.5, 0.6) is 0 Å². The average Bonchev–Trinajstić information content (AvgIpc) is 3.03. The summed E-state index contributed by atoms with van der Waals surface area (Å²) >= 11 is 0. The van der Waals surface area contributed by atoms with Gasteiger partial charge < -0.3 is 5.01 Å². The monoisotopic (exact) mass is 288 g/mol. The van der Waals surface area contributed by atoms with Gasteiger partial charge in [-0.15, -0.1) is 0 Å². The first-order valence-electron chi connectivity index (χ1n) is 6.38. The molecule has 1 unspecified atom stereocenters. The first kappa shape index (κ1) is 13.3. The molecule has 0 bridgehead atoms. The Bertz CT molecular complexity index is 622. The molecule has 0 aliphatic carbocycles. The number of hydrogen-bond acceptors (Lipinski definition) is 6. The number of nitrogens with zero attached hydrogens (tertiary/aromatic N) is 3. The third-order valence-electron chi connectivity index (χ3n) is 3.42. The van der Waals surface area contributed by atoms with Crippen molar-refractivity contribution >= 4 is 11.8 Å². The van der Waals surface area contributed by atoms with Crippen LogP contribution in [0.15, 0.2) is 36.5 Å². The normalized spacial score (nSPS) is 20.3. The van der Waals surface area contributed by atoms with Crippen molar-refractivity contribution in [2.24, 2.45) is 0 Å². The van der Waals surface area contributed by atoms with Crippen molar-refractivity contribution in [1.82, 2.24) is 15.3 Å². The lowest BCUT2D eigenvalue weighted by molar-refractivity contribution is -0.518. The van der Waals surface area contributed by atoms with Crippen LogP contribution in [-0.4, -0.2) is 45.9 Å². The van der Waals surface area contributed by atoms with Crippen molar-refractivity contribution in [2.75, 3.05) is 13.1 Å². The Labute approximate surface area is 119 Å². The first-order valence-corrected chi connectivity index (χ1v) is 6.38. The van der Waals surface area contributed by atoms with Gasteiger partial charge in [0.1, 0.15) is 0 Å². The highest BCUT2D eigenvalue weighted by molar-refractivity contribution is 6.21. The van der Waals surface area contributed by atoms with Gasteiger partial charge in [0.2, 0.25) is 0 Å². The summed E-state index contributed by atoms with van der Waals surface area (Å²) in [7, 11) is 0. The minimum Gasteiger partial charge on any atom is -0.308 e. The van der Waals surface area contributed by atoms with Crippen LogP contribution in [0.1, 0.15) is 20.7 Å². The third kappa shape index (κ3) is 2.25. The van der Waals surface area contributed by atoms with E-state index in [1.807, 2.05) is 0 Å². The van der Waals surface area contributed by atoms with E-state index < -0.39 is 11.1 Å². The molecule has 0 fully saturated rings. The average molecular weight is 288 g/mol. The van der Waals surface area contributed by atoms with Crippen LogP contribution in [-0.2, 0) is 0 Å². The molecule has 2 aliphatic heterocycles. The molecule has 2 aliphatic rings. The van der Waals surface area contributed by atoms with Gasteiger partial charge in [-0.1, -0.05) is 12.1 Å². The van der Waals surface area contributed by atoms with Gasteiger partial charge in [-0.25, -0.2) is 0 Å². The van der Waals surface area contributed by atoms with Crippen LogP contribution < -0.4 is 5.43 Å². The summed E-state index contributed by atoms with van der Waals surface area (Å²) in [5.74, 6) is -0.658. The second kappa shape index (κ2) is 4.98. The maximum Gasteiger partial charge on any atom is 0.302 e. The Morgan fingerprint density at radius 1 is 1.14 bits per heavy atom. The number of rotatable bonds is 4. The van der Waals surface area contributed by atoms with Crippen molar-refractivity contribution in [2.45, 2.75) is 6.17 Å². The molecular weight excluding hydrogens is 276 g/mol.